The Bertz CT molecular complexity index is 2010. The second kappa shape index (κ2) is 16.0. The molecule has 2 aromatic rings. The summed E-state index contributed by atoms with van der Waals surface area (Å²) in [5.74, 6) is -1.72. The first-order valence-corrected chi connectivity index (χ1v) is 20.2. The van der Waals surface area contributed by atoms with Gasteiger partial charge in [-0.2, -0.15) is 25.4 Å². The van der Waals surface area contributed by atoms with Gasteiger partial charge in [0.2, 0.25) is 0 Å². The highest BCUT2D eigenvalue weighted by atomic mass is 35.5. The number of cyclic esters (lactones) is 2. The molecule has 0 N–H and O–H groups in total. The van der Waals surface area contributed by atoms with E-state index in [1.54, 1.807) is 36.4 Å². The van der Waals surface area contributed by atoms with Crippen LogP contribution in [0.1, 0.15) is 49.4 Å². The summed E-state index contributed by atoms with van der Waals surface area (Å²) in [4.78, 5) is 27.2. The molecule has 0 spiro atoms. The topological polar surface area (TPSA) is 134 Å². The predicted molar refractivity (Wildman–Crippen MR) is 195 cm³/mol. The van der Waals surface area contributed by atoms with Crippen molar-refractivity contribution in [3.8, 4) is 0 Å². The number of hydrogen-bond acceptors (Lipinski definition) is 8. The van der Waals surface area contributed by atoms with Crippen LogP contribution in [-0.2, 0) is 39.5 Å². The molecule has 3 aliphatic heterocycles. The Labute approximate surface area is 318 Å². The number of fused-ring (bicyclic) bond motifs is 2. The van der Waals surface area contributed by atoms with Gasteiger partial charge in [0.05, 0.1) is 29.8 Å². The molecule has 3 heterocycles. The Hall–Kier alpha value is -2.82. The third-order valence-corrected chi connectivity index (χ3v) is 13.5. The highest BCUT2D eigenvalue weighted by Gasteiger charge is 2.44. The Morgan fingerprint density at radius 2 is 1.20 bits per heavy atom. The van der Waals surface area contributed by atoms with Crippen molar-refractivity contribution in [1.82, 2.24) is 17.2 Å². The fourth-order valence-electron chi connectivity index (χ4n) is 6.01. The summed E-state index contributed by atoms with van der Waals surface area (Å²) in [6, 6.07) is 6.96. The van der Waals surface area contributed by atoms with Crippen molar-refractivity contribution in [3.63, 3.8) is 0 Å². The van der Waals surface area contributed by atoms with E-state index in [1.807, 2.05) is 6.92 Å². The first-order chi connectivity index (χ1) is 24.0. The molecule has 276 valence electrons. The molecule has 0 radical (unpaired) electrons. The van der Waals surface area contributed by atoms with E-state index in [2.05, 4.69) is 0 Å². The number of benzene rings is 2. The van der Waals surface area contributed by atoms with Gasteiger partial charge in [-0.15, -0.1) is 0 Å². The molecule has 4 bridgehead atoms. The van der Waals surface area contributed by atoms with E-state index in [4.69, 9.17) is 55.9 Å². The second-order valence-corrected chi connectivity index (χ2v) is 17.8. The van der Waals surface area contributed by atoms with Gasteiger partial charge in [0, 0.05) is 59.7 Å². The lowest BCUT2D eigenvalue weighted by atomic mass is 9.98. The minimum atomic E-state index is -4.12. The highest BCUT2D eigenvalue weighted by molar-refractivity contribution is 7.87. The van der Waals surface area contributed by atoms with Crippen molar-refractivity contribution in [2.75, 3.05) is 40.4 Å². The van der Waals surface area contributed by atoms with Crippen LogP contribution in [0, 0.1) is 5.92 Å². The lowest BCUT2D eigenvalue weighted by molar-refractivity contribution is -0.141. The summed E-state index contributed by atoms with van der Waals surface area (Å²) < 4.78 is 70.3. The van der Waals surface area contributed by atoms with Gasteiger partial charge < -0.3 is 9.47 Å². The van der Waals surface area contributed by atoms with Crippen molar-refractivity contribution >= 4 is 78.8 Å². The maximum Gasteiger partial charge on any atom is 0.337 e. The van der Waals surface area contributed by atoms with Gasteiger partial charge in [-0.25, -0.2) is 9.59 Å². The number of likely N-dealkylation sites (N-methyl/N-ethyl adjacent to an activating group) is 2. The van der Waals surface area contributed by atoms with Crippen molar-refractivity contribution in [2.45, 2.75) is 38.3 Å². The summed E-state index contributed by atoms with van der Waals surface area (Å²) in [5.41, 5.74) is 0.777. The summed E-state index contributed by atoms with van der Waals surface area (Å²) in [5, 5.41) is 1.02. The first-order valence-electron chi connectivity index (χ1n) is 15.9. The molecule has 3 aliphatic rings. The fraction of sp³-hybridized carbons (Fsp3) is 0.394. The Balaban J connectivity index is 1.47. The number of ether oxygens (including phenoxy) is 2. The van der Waals surface area contributed by atoms with Crippen LogP contribution in [0.3, 0.4) is 0 Å². The molecule has 0 saturated carbocycles. The van der Waals surface area contributed by atoms with Gasteiger partial charge in [-0.1, -0.05) is 77.6 Å². The SMILES string of the molecule is CC1CCCN2C=C(C(=O)OC/C=C\CCN3C=C(C(=O)OC1)C(c1ccc(Cl)cc1Cl)N(C)S3(=O)=O)C(c1ccc(Cl)cc1Cl)N(C)S2(=O)=O. The number of carbonyl (C=O) groups is 2. The van der Waals surface area contributed by atoms with Gasteiger partial charge in [-0.3, -0.25) is 8.61 Å². The molecule has 3 atom stereocenters. The molecule has 12 nitrogen and oxygen atoms in total. The van der Waals surface area contributed by atoms with E-state index in [0.717, 1.165) is 17.2 Å². The molecule has 0 aliphatic carbocycles. The lowest BCUT2D eigenvalue weighted by Gasteiger charge is -2.38. The maximum absolute atomic E-state index is 13.7. The standard InChI is InChI=1S/C33H36Cl4N4O8S2/c1-21-8-7-14-41-18-26(30(38(2)51(41,46)47)24-11-9-22(34)16-28(24)36)32(42)48-15-6-4-5-13-40-19-27(33(43)49-20-21)31(39(3)50(40,44)45)25-12-10-23(35)17-29(25)37/h4,6,9-12,16-19,21,30-31H,5,7-8,13-15,20H2,1-3H3/b6-4-. The number of esters is 2. The second-order valence-electron chi connectivity index (χ2n) is 12.3. The van der Waals surface area contributed by atoms with E-state index in [1.165, 1.54) is 38.6 Å². The summed E-state index contributed by atoms with van der Waals surface area (Å²) in [6.07, 6.45) is 6.67. The summed E-state index contributed by atoms with van der Waals surface area (Å²) >= 11 is 25.2. The van der Waals surface area contributed by atoms with E-state index in [9.17, 15) is 26.4 Å². The van der Waals surface area contributed by atoms with Crippen molar-refractivity contribution < 1.29 is 35.9 Å². The number of rotatable bonds is 2. The zero-order valence-electron chi connectivity index (χ0n) is 27.8. The molecule has 0 aromatic heterocycles. The summed E-state index contributed by atoms with van der Waals surface area (Å²) in [6.45, 7) is 1.58. The van der Waals surface area contributed by atoms with Crippen LogP contribution in [0.25, 0.3) is 0 Å². The molecular weight excluding hydrogens is 786 g/mol. The molecule has 0 amide bonds. The smallest absolute Gasteiger partial charge is 0.337 e. The lowest BCUT2D eigenvalue weighted by Crippen LogP contribution is -2.47. The highest BCUT2D eigenvalue weighted by Crippen LogP contribution is 2.41. The quantitative estimate of drug-likeness (QED) is 0.255. The average Bonchev–Trinajstić information content (AvgIpc) is 3.06. The van der Waals surface area contributed by atoms with Crippen molar-refractivity contribution in [2.24, 2.45) is 5.92 Å². The van der Waals surface area contributed by atoms with Crippen LogP contribution in [0.5, 0.6) is 0 Å². The van der Waals surface area contributed by atoms with E-state index in [-0.39, 0.29) is 59.8 Å². The largest absolute Gasteiger partial charge is 0.462 e. The van der Waals surface area contributed by atoms with E-state index >= 15 is 0 Å². The molecule has 0 saturated heterocycles. The Morgan fingerprint density at radius 1 is 0.706 bits per heavy atom. The zero-order chi connectivity index (χ0) is 37.2. The third-order valence-electron chi connectivity index (χ3n) is 8.76. The average molecular weight is 823 g/mol. The van der Waals surface area contributed by atoms with Crippen LogP contribution in [0.2, 0.25) is 20.1 Å². The predicted octanol–water partition coefficient (Wildman–Crippen LogP) is 6.30. The molecule has 5 rings (SSSR count). The van der Waals surface area contributed by atoms with Gasteiger partial charge in [0.1, 0.15) is 6.61 Å². The molecule has 3 unspecified atom stereocenters. The third kappa shape index (κ3) is 8.38. The van der Waals surface area contributed by atoms with Crippen LogP contribution >= 0.6 is 46.4 Å². The first kappa shape index (κ1) is 39.4. The Kier molecular flexibility index (Phi) is 12.4. The van der Waals surface area contributed by atoms with Crippen LogP contribution in [0.4, 0.5) is 0 Å². The number of nitrogens with zero attached hydrogens (tertiary/aromatic N) is 4. The summed E-state index contributed by atoms with van der Waals surface area (Å²) in [7, 11) is -5.51. The van der Waals surface area contributed by atoms with Crippen molar-refractivity contribution in [3.05, 3.63) is 103 Å². The van der Waals surface area contributed by atoms with Crippen LogP contribution in [0.15, 0.2) is 72.1 Å². The molecular formula is C33H36Cl4N4O8S2. The monoisotopic (exact) mass is 820 g/mol. The van der Waals surface area contributed by atoms with Crippen molar-refractivity contribution in [1.29, 1.82) is 0 Å². The van der Waals surface area contributed by atoms with Crippen LogP contribution < -0.4 is 0 Å². The number of hydrogen-bond donors (Lipinski definition) is 0. The molecule has 2 aromatic carbocycles. The molecule has 0 fully saturated rings. The minimum Gasteiger partial charge on any atom is -0.462 e. The number of halogens is 4. The maximum atomic E-state index is 13.7. The minimum absolute atomic E-state index is 0.0165. The fourth-order valence-corrected chi connectivity index (χ4v) is 9.87. The molecule has 18 heteroatoms. The van der Waals surface area contributed by atoms with Gasteiger partial charge in [-0.05, 0) is 60.6 Å². The van der Waals surface area contributed by atoms with E-state index in [0.29, 0.717) is 34.0 Å². The zero-order valence-corrected chi connectivity index (χ0v) is 32.5. The van der Waals surface area contributed by atoms with Gasteiger partial charge >= 0.3 is 32.4 Å². The molecule has 51 heavy (non-hydrogen) atoms. The van der Waals surface area contributed by atoms with Gasteiger partial charge in [0.15, 0.2) is 0 Å². The van der Waals surface area contributed by atoms with Crippen LogP contribution in [-0.4, -0.2) is 86.4 Å². The normalized spacial score (nSPS) is 26.0. The van der Waals surface area contributed by atoms with E-state index < -0.39 is 44.4 Å². The van der Waals surface area contributed by atoms with Gasteiger partial charge in [0.25, 0.3) is 0 Å². The number of carbonyl (C=O) groups excluding carboxylic acids is 2. The Morgan fingerprint density at radius 3 is 1.71 bits per heavy atom.